The number of terminal acetylenes is 1. The predicted molar refractivity (Wildman–Crippen MR) is 101 cm³/mol. The number of sulfonamides is 1. The molecule has 7 nitrogen and oxygen atoms in total. The lowest BCUT2D eigenvalue weighted by Crippen LogP contribution is -2.51. The van der Waals surface area contributed by atoms with Crippen LogP contribution in [0, 0.1) is 18.3 Å². The molecule has 8 heteroatoms. The Morgan fingerprint density at radius 1 is 1.33 bits per heavy atom. The van der Waals surface area contributed by atoms with Crippen molar-refractivity contribution in [2.75, 3.05) is 32.8 Å². The number of hydrogen-bond acceptors (Lipinski definition) is 5. The van der Waals surface area contributed by atoms with Gasteiger partial charge in [-0.05, 0) is 26.2 Å². The van der Waals surface area contributed by atoms with Crippen LogP contribution in [0.2, 0.25) is 0 Å². The van der Waals surface area contributed by atoms with E-state index in [1.807, 2.05) is 0 Å². The van der Waals surface area contributed by atoms with Gasteiger partial charge in [-0.3, -0.25) is 4.79 Å². The first-order valence-electron chi connectivity index (χ1n) is 9.22. The number of allylic oxidation sites excluding steroid dienone is 1. The van der Waals surface area contributed by atoms with Crippen molar-refractivity contribution >= 4 is 15.9 Å². The first-order valence-corrected chi connectivity index (χ1v) is 10.7. The normalized spacial score (nSPS) is 29.3. The van der Waals surface area contributed by atoms with Gasteiger partial charge < -0.3 is 14.4 Å². The second-order valence-corrected chi connectivity index (χ2v) is 9.11. The van der Waals surface area contributed by atoms with Gasteiger partial charge in [0.2, 0.25) is 10.0 Å². The number of nitrogens with zero attached hydrogens (tertiary/aromatic N) is 2. The fourth-order valence-corrected chi connectivity index (χ4v) is 5.45. The molecular weight excluding hydrogens is 368 g/mol. The van der Waals surface area contributed by atoms with Gasteiger partial charge in [0.05, 0.1) is 36.6 Å². The van der Waals surface area contributed by atoms with Gasteiger partial charge >= 0.3 is 0 Å². The molecule has 27 heavy (non-hydrogen) atoms. The fourth-order valence-electron chi connectivity index (χ4n) is 3.99. The van der Waals surface area contributed by atoms with E-state index in [2.05, 4.69) is 12.5 Å². The van der Waals surface area contributed by atoms with Crippen molar-refractivity contribution in [2.24, 2.45) is 5.92 Å². The molecule has 148 valence electrons. The predicted octanol–water partition coefficient (Wildman–Crippen LogP) is 1.10. The molecule has 1 spiro atoms. The van der Waals surface area contributed by atoms with Gasteiger partial charge in [0.25, 0.3) is 11.7 Å². The van der Waals surface area contributed by atoms with E-state index in [0.29, 0.717) is 32.7 Å². The van der Waals surface area contributed by atoms with Crippen LogP contribution in [-0.4, -0.2) is 68.2 Å². The highest BCUT2D eigenvalue weighted by Crippen LogP contribution is 2.42. The number of likely N-dealkylation sites (tertiary alicyclic amines) is 1. The Hall–Kier alpha value is -1.66. The Balaban J connectivity index is 2.02. The molecule has 3 aliphatic heterocycles. The summed E-state index contributed by atoms with van der Waals surface area (Å²) in [5.41, 5.74) is 0. The molecule has 3 aliphatic rings. The SMILES string of the molecule is C#CCN1C(=O)C2(OCCCO2)C(C=C(C)S(=O)(=O)N2CCCC2)C1C=C. The molecular formula is C19H26N2O5S. The molecule has 0 radical (unpaired) electrons. The quantitative estimate of drug-likeness (QED) is 0.516. The highest BCUT2D eigenvalue weighted by Gasteiger charge is 2.61. The molecule has 3 saturated heterocycles. The van der Waals surface area contributed by atoms with Crippen LogP contribution in [0.3, 0.4) is 0 Å². The van der Waals surface area contributed by atoms with Crippen molar-refractivity contribution in [3.05, 3.63) is 23.6 Å². The van der Waals surface area contributed by atoms with Crippen molar-refractivity contribution in [2.45, 2.75) is 38.0 Å². The Bertz CT molecular complexity index is 770. The van der Waals surface area contributed by atoms with Crippen LogP contribution in [0.25, 0.3) is 0 Å². The molecule has 0 aromatic heterocycles. The minimum atomic E-state index is -3.58. The van der Waals surface area contributed by atoms with Crippen molar-refractivity contribution in [1.82, 2.24) is 9.21 Å². The fraction of sp³-hybridized carbons (Fsp3) is 0.632. The second kappa shape index (κ2) is 7.76. The monoisotopic (exact) mass is 394 g/mol. The first kappa shape index (κ1) is 20.1. The largest absolute Gasteiger partial charge is 0.342 e. The maximum Gasteiger partial charge on any atom is 0.284 e. The van der Waals surface area contributed by atoms with E-state index in [1.54, 1.807) is 19.1 Å². The number of carbonyl (C=O) groups is 1. The number of amides is 1. The topological polar surface area (TPSA) is 76.1 Å². The van der Waals surface area contributed by atoms with Crippen molar-refractivity contribution < 1.29 is 22.7 Å². The van der Waals surface area contributed by atoms with E-state index in [4.69, 9.17) is 15.9 Å². The molecule has 3 heterocycles. The minimum absolute atomic E-state index is 0.0756. The lowest BCUT2D eigenvalue weighted by Gasteiger charge is -2.35. The molecule has 2 unspecified atom stereocenters. The maximum atomic E-state index is 13.1. The lowest BCUT2D eigenvalue weighted by atomic mass is 9.93. The minimum Gasteiger partial charge on any atom is -0.342 e. The van der Waals surface area contributed by atoms with E-state index in [9.17, 15) is 13.2 Å². The molecule has 0 aromatic carbocycles. The standard InChI is InChI=1S/C19H26N2O5S/c1-4-9-21-17(5-2)16(19(18(21)22)25-12-8-13-26-19)14-15(3)27(23,24)20-10-6-7-11-20/h1,5,14,16-17H,2,6-13H2,3H3. The third-order valence-electron chi connectivity index (χ3n) is 5.38. The van der Waals surface area contributed by atoms with E-state index in [0.717, 1.165) is 12.8 Å². The molecule has 1 amide bonds. The summed E-state index contributed by atoms with van der Waals surface area (Å²) in [6.07, 6.45) is 11.0. The van der Waals surface area contributed by atoms with Gasteiger partial charge in [-0.25, -0.2) is 8.42 Å². The maximum absolute atomic E-state index is 13.1. The van der Waals surface area contributed by atoms with Gasteiger partial charge in [0.15, 0.2) is 0 Å². The summed E-state index contributed by atoms with van der Waals surface area (Å²) in [7, 11) is -3.58. The zero-order chi connectivity index (χ0) is 19.7. The Morgan fingerprint density at radius 2 is 1.96 bits per heavy atom. The summed E-state index contributed by atoms with van der Waals surface area (Å²) in [6, 6.07) is -0.504. The van der Waals surface area contributed by atoms with Gasteiger partial charge in [-0.15, -0.1) is 13.0 Å². The molecule has 0 aromatic rings. The number of carbonyl (C=O) groups excluding carboxylic acids is 1. The van der Waals surface area contributed by atoms with Crippen molar-refractivity contribution in [3.63, 3.8) is 0 Å². The summed E-state index contributed by atoms with van der Waals surface area (Å²) in [4.78, 5) is 14.7. The summed E-state index contributed by atoms with van der Waals surface area (Å²) < 4.78 is 38.9. The lowest BCUT2D eigenvalue weighted by molar-refractivity contribution is -0.262. The molecule has 3 rings (SSSR count). The average molecular weight is 394 g/mol. The van der Waals surface area contributed by atoms with Crippen molar-refractivity contribution in [1.29, 1.82) is 0 Å². The third-order valence-corrected chi connectivity index (χ3v) is 7.37. The van der Waals surface area contributed by atoms with E-state index in [-0.39, 0.29) is 17.4 Å². The summed E-state index contributed by atoms with van der Waals surface area (Å²) in [5.74, 6) is -0.0937. The number of hydrogen-bond donors (Lipinski definition) is 0. The average Bonchev–Trinajstić information content (AvgIpc) is 3.27. The molecule has 0 N–H and O–H groups in total. The Kier molecular flexibility index (Phi) is 5.77. The highest BCUT2D eigenvalue weighted by molar-refractivity contribution is 7.93. The van der Waals surface area contributed by atoms with Crippen molar-refractivity contribution in [3.8, 4) is 12.3 Å². The van der Waals surface area contributed by atoms with Crippen LogP contribution in [0.4, 0.5) is 0 Å². The van der Waals surface area contributed by atoms with E-state index < -0.39 is 27.8 Å². The molecule has 3 fully saturated rings. The molecule has 0 saturated carbocycles. The molecule has 0 bridgehead atoms. The summed E-state index contributed by atoms with van der Waals surface area (Å²) in [6.45, 7) is 7.21. The van der Waals surface area contributed by atoms with E-state index in [1.165, 1.54) is 9.21 Å². The Morgan fingerprint density at radius 3 is 2.52 bits per heavy atom. The summed E-state index contributed by atoms with van der Waals surface area (Å²) >= 11 is 0. The van der Waals surface area contributed by atoms with Crippen LogP contribution in [0.15, 0.2) is 23.6 Å². The Labute approximate surface area is 161 Å². The highest BCUT2D eigenvalue weighted by atomic mass is 32.2. The van der Waals surface area contributed by atoms with Crippen LogP contribution in [0.1, 0.15) is 26.2 Å². The number of ether oxygens (including phenoxy) is 2. The van der Waals surface area contributed by atoms with Crippen LogP contribution >= 0.6 is 0 Å². The zero-order valence-corrected chi connectivity index (χ0v) is 16.4. The van der Waals surface area contributed by atoms with Crippen LogP contribution in [0.5, 0.6) is 0 Å². The van der Waals surface area contributed by atoms with Gasteiger partial charge in [0.1, 0.15) is 0 Å². The first-order chi connectivity index (χ1) is 12.9. The zero-order valence-electron chi connectivity index (χ0n) is 15.6. The number of rotatable bonds is 5. The van der Waals surface area contributed by atoms with Crippen LogP contribution in [-0.2, 0) is 24.3 Å². The van der Waals surface area contributed by atoms with E-state index >= 15 is 0 Å². The third kappa shape index (κ3) is 3.34. The smallest absolute Gasteiger partial charge is 0.284 e. The molecule has 2 atom stereocenters. The summed E-state index contributed by atoms with van der Waals surface area (Å²) in [5, 5.41) is 0. The molecule has 0 aliphatic carbocycles. The van der Waals surface area contributed by atoms with Crippen LogP contribution < -0.4 is 0 Å². The van der Waals surface area contributed by atoms with Gasteiger partial charge in [0, 0.05) is 13.1 Å². The second-order valence-electron chi connectivity index (χ2n) is 7.00. The van der Waals surface area contributed by atoms with Gasteiger partial charge in [-0.1, -0.05) is 18.1 Å². The van der Waals surface area contributed by atoms with Gasteiger partial charge in [-0.2, -0.15) is 4.31 Å².